The Morgan fingerprint density at radius 1 is 1.00 bits per heavy atom. The van der Waals surface area contributed by atoms with Gasteiger partial charge < -0.3 is 9.47 Å². The summed E-state index contributed by atoms with van der Waals surface area (Å²) in [5, 5.41) is 0. The third-order valence-electron chi connectivity index (χ3n) is 3.45. The normalized spacial score (nSPS) is 18.2. The molecule has 2 heteroatoms. The Bertz CT molecular complexity index is 531. The van der Waals surface area contributed by atoms with E-state index >= 15 is 0 Å². The molecule has 0 aromatic heterocycles. The summed E-state index contributed by atoms with van der Waals surface area (Å²) in [5.41, 5.74) is 3.91. The molecule has 0 bridgehead atoms. The van der Waals surface area contributed by atoms with Crippen LogP contribution in [0.2, 0.25) is 0 Å². The van der Waals surface area contributed by atoms with Crippen molar-refractivity contribution in [2.24, 2.45) is 0 Å². The monoisotopic (exact) mass is 240 g/mol. The van der Waals surface area contributed by atoms with Crippen LogP contribution in [0.1, 0.15) is 22.8 Å². The number of fused-ring (bicyclic) bond motifs is 1. The molecule has 1 aliphatic rings. The van der Waals surface area contributed by atoms with Gasteiger partial charge in [-0.2, -0.15) is 0 Å². The summed E-state index contributed by atoms with van der Waals surface area (Å²) in [6.07, 6.45) is 1.11. The molecule has 1 aliphatic heterocycles. The second-order valence-corrected chi connectivity index (χ2v) is 4.55. The second kappa shape index (κ2) is 4.83. The van der Waals surface area contributed by atoms with Crippen LogP contribution in [0.5, 0.6) is 5.75 Å². The molecular weight excluding hydrogens is 224 g/mol. The molecule has 92 valence electrons. The molecule has 1 heterocycles. The van der Waals surface area contributed by atoms with Crippen molar-refractivity contribution in [3.63, 3.8) is 0 Å². The number of hydrogen-bond acceptors (Lipinski definition) is 2. The predicted molar refractivity (Wildman–Crippen MR) is 70.7 cm³/mol. The highest BCUT2D eigenvalue weighted by atomic mass is 16.5. The number of methoxy groups -OCH3 is 1. The molecule has 0 spiro atoms. The smallest absolute Gasteiger partial charge is 0.118 e. The molecule has 2 aromatic rings. The predicted octanol–water partition coefficient (Wildman–Crippen LogP) is 3.51. The maximum absolute atomic E-state index is 5.92. The van der Waals surface area contributed by atoms with Gasteiger partial charge in [0.05, 0.1) is 19.8 Å². The van der Waals surface area contributed by atoms with E-state index in [4.69, 9.17) is 9.47 Å². The Kier molecular flexibility index (Phi) is 3.03. The molecule has 0 fully saturated rings. The van der Waals surface area contributed by atoms with Crippen LogP contribution in [-0.2, 0) is 17.8 Å². The average molecular weight is 240 g/mol. The SMILES string of the molecule is COc1ccc(C2Cc3ccccc3CO2)cc1. The number of ether oxygens (including phenoxy) is 2. The quantitative estimate of drug-likeness (QED) is 0.799. The Labute approximate surface area is 107 Å². The molecule has 0 radical (unpaired) electrons. The van der Waals surface area contributed by atoms with Gasteiger partial charge >= 0.3 is 0 Å². The van der Waals surface area contributed by atoms with E-state index < -0.39 is 0 Å². The molecule has 2 nitrogen and oxygen atoms in total. The van der Waals surface area contributed by atoms with Crippen LogP contribution in [0.15, 0.2) is 48.5 Å². The van der Waals surface area contributed by atoms with Crippen LogP contribution < -0.4 is 4.74 Å². The lowest BCUT2D eigenvalue weighted by Crippen LogP contribution is -2.15. The van der Waals surface area contributed by atoms with Gasteiger partial charge in [0.2, 0.25) is 0 Å². The maximum Gasteiger partial charge on any atom is 0.118 e. The van der Waals surface area contributed by atoms with Crippen molar-refractivity contribution in [2.45, 2.75) is 19.1 Å². The first kappa shape index (κ1) is 11.3. The van der Waals surface area contributed by atoms with Crippen LogP contribution in [0, 0.1) is 0 Å². The molecule has 2 aromatic carbocycles. The van der Waals surface area contributed by atoms with E-state index in [1.807, 2.05) is 12.1 Å². The summed E-state index contributed by atoms with van der Waals surface area (Å²) in [4.78, 5) is 0. The van der Waals surface area contributed by atoms with Crippen molar-refractivity contribution >= 4 is 0 Å². The van der Waals surface area contributed by atoms with Gasteiger partial charge in [0.15, 0.2) is 0 Å². The highest BCUT2D eigenvalue weighted by Gasteiger charge is 2.20. The van der Waals surface area contributed by atoms with Gasteiger partial charge in [-0.1, -0.05) is 36.4 Å². The molecule has 1 atom stereocenters. The van der Waals surface area contributed by atoms with Gasteiger partial charge in [-0.25, -0.2) is 0 Å². The van der Waals surface area contributed by atoms with E-state index in [2.05, 4.69) is 36.4 Å². The first-order chi connectivity index (χ1) is 8.86. The Morgan fingerprint density at radius 2 is 1.72 bits per heavy atom. The summed E-state index contributed by atoms with van der Waals surface area (Å²) in [6, 6.07) is 16.6. The number of hydrogen-bond donors (Lipinski definition) is 0. The molecule has 0 N–H and O–H groups in total. The first-order valence-electron chi connectivity index (χ1n) is 6.19. The van der Waals surface area contributed by atoms with Crippen molar-refractivity contribution in [1.29, 1.82) is 0 Å². The van der Waals surface area contributed by atoms with Crippen molar-refractivity contribution in [3.05, 3.63) is 65.2 Å². The van der Waals surface area contributed by atoms with Crippen molar-refractivity contribution in [1.82, 2.24) is 0 Å². The molecule has 0 saturated heterocycles. The highest BCUT2D eigenvalue weighted by Crippen LogP contribution is 2.30. The summed E-state index contributed by atoms with van der Waals surface area (Å²) in [6.45, 7) is 0.701. The summed E-state index contributed by atoms with van der Waals surface area (Å²) in [7, 11) is 1.68. The minimum Gasteiger partial charge on any atom is -0.497 e. The van der Waals surface area contributed by atoms with Gasteiger partial charge in [-0.3, -0.25) is 0 Å². The molecule has 1 unspecified atom stereocenters. The van der Waals surface area contributed by atoms with Crippen LogP contribution in [-0.4, -0.2) is 7.11 Å². The molecule has 18 heavy (non-hydrogen) atoms. The third kappa shape index (κ3) is 2.12. The Hall–Kier alpha value is -1.80. The standard InChI is InChI=1S/C16H16O2/c1-17-15-8-6-12(7-9-15)16-10-13-4-2-3-5-14(13)11-18-16/h2-9,16H,10-11H2,1H3. The van der Waals surface area contributed by atoms with Crippen molar-refractivity contribution < 1.29 is 9.47 Å². The average Bonchev–Trinajstić information content (AvgIpc) is 2.47. The molecule has 0 aliphatic carbocycles. The fourth-order valence-corrected chi connectivity index (χ4v) is 2.38. The second-order valence-electron chi connectivity index (χ2n) is 4.55. The zero-order chi connectivity index (χ0) is 12.4. The lowest BCUT2D eigenvalue weighted by atomic mass is 9.95. The Balaban J connectivity index is 1.82. The number of rotatable bonds is 2. The van der Waals surface area contributed by atoms with E-state index in [1.165, 1.54) is 16.7 Å². The van der Waals surface area contributed by atoms with E-state index in [1.54, 1.807) is 7.11 Å². The van der Waals surface area contributed by atoms with E-state index in [-0.39, 0.29) is 6.10 Å². The van der Waals surface area contributed by atoms with Crippen molar-refractivity contribution in [2.75, 3.05) is 7.11 Å². The summed E-state index contributed by atoms with van der Waals surface area (Å²) >= 11 is 0. The van der Waals surface area contributed by atoms with Gasteiger partial charge in [0.1, 0.15) is 5.75 Å². The zero-order valence-electron chi connectivity index (χ0n) is 10.4. The third-order valence-corrected chi connectivity index (χ3v) is 3.45. The lowest BCUT2D eigenvalue weighted by Gasteiger charge is -2.25. The summed E-state index contributed by atoms with van der Waals surface area (Å²) < 4.78 is 11.1. The topological polar surface area (TPSA) is 18.5 Å². The van der Waals surface area contributed by atoms with Gasteiger partial charge in [-0.15, -0.1) is 0 Å². The van der Waals surface area contributed by atoms with Crippen LogP contribution >= 0.6 is 0 Å². The van der Waals surface area contributed by atoms with E-state index in [9.17, 15) is 0 Å². The van der Waals surface area contributed by atoms with Crippen LogP contribution in [0.4, 0.5) is 0 Å². The van der Waals surface area contributed by atoms with Gasteiger partial charge in [-0.05, 0) is 28.8 Å². The minimum atomic E-state index is 0.158. The van der Waals surface area contributed by atoms with E-state index in [0.29, 0.717) is 6.61 Å². The fourth-order valence-electron chi connectivity index (χ4n) is 2.38. The van der Waals surface area contributed by atoms with Gasteiger partial charge in [0, 0.05) is 6.42 Å². The molecular formula is C16H16O2. The molecule has 0 amide bonds. The number of benzene rings is 2. The maximum atomic E-state index is 5.92. The zero-order valence-corrected chi connectivity index (χ0v) is 10.4. The van der Waals surface area contributed by atoms with Crippen LogP contribution in [0.25, 0.3) is 0 Å². The molecule has 0 saturated carbocycles. The minimum absolute atomic E-state index is 0.158. The van der Waals surface area contributed by atoms with Gasteiger partial charge in [0.25, 0.3) is 0 Å². The summed E-state index contributed by atoms with van der Waals surface area (Å²) in [5.74, 6) is 0.884. The first-order valence-corrected chi connectivity index (χ1v) is 6.19. The molecule has 3 rings (SSSR count). The van der Waals surface area contributed by atoms with Crippen LogP contribution in [0.3, 0.4) is 0 Å². The Morgan fingerprint density at radius 3 is 2.44 bits per heavy atom. The van der Waals surface area contributed by atoms with E-state index in [0.717, 1.165) is 12.2 Å². The highest BCUT2D eigenvalue weighted by molar-refractivity contribution is 5.33. The van der Waals surface area contributed by atoms with Crippen molar-refractivity contribution in [3.8, 4) is 5.75 Å². The largest absolute Gasteiger partial charge is 0.497 e. The lowest BCUT2D eigenvalue weighted by molar-refractivity contribution is 0.0274. The fraction of sp³-hybridized carbons (Fsp3) is 0.250.